The number of aldehydes is 1. The van der Waals surface area contributed by atoms with Crippen molar-refractivity contribution in [3.05, 3.63) is 35.3 Å². The number of benzene rings is 1. The molecule has 0 unspecified atom stereocenters. The number of rotatable bonds is 2. The SMILES string of the molecule is COC(=O)c1cc2c(C=O)c(F)ccc2n1C(=O)OC(C)(C)C. The molecule has 0 bridgehead atoms. The fraction of sp³-hybridized carbons (Fsp3) is 0.312. The van der Waals surface area contributed by atoms with Crippen LogP contribution in [-0.4, -0.2) is 35.6 Å². The van der Waals surface area contributed by atoms with Gasteiger partial charge in [-0.3, -0.25) is 4.79 Å². The summed E-state index contributed by atoms with van der Waals surface area (Å²) in [7, 11) is 1.15. The molecule has 23 heavy (non-hydrogen) atoms. The van der Waals surface area contributed by atoms with E-state index in [9.17, 15) is 18.8 Å². The highest BCUT2D eigenvalue weighted by Crippen LogP contribution is 2.26. The van der Waals surface area contributed by atoms with Crippen molar-refractivity contribution >= 4 is 29.3 Å². The quantitative estimate of drug-likeness (QED) is 0.627. The Hall–Kier alpha value is -2.70. The lowest BCUT2D eigenvalue weighted by atomic mass is 10.1. The average molecular weight is 321 g/mol. The Morgan fingerprint density at radius 3 is 2.43 bits per heavy atom. The van der Waals surface area contributed by atoms with E-state index in [-0.39, 0.29) is 22.2 Å². The molecule has 0 spiro atoms. The maximum Gasteiger partial charge on any atom is 0.419 e. The van der Waals surface area contributed by atoms with Gasteiger partial charge < -0.3 is 9.47 Å². The van der Waals surface area contributed by atoms with Crippen molar-refractivity contribution in [2.75, 3.05) is 7.11 Å². The van der Waals surface area contributed by atoms with E-state index in [0.717, 1.165) is 17.7 Å². The minimum atomic E-state index is -0.823. The van der Waals surface area contributed by atoms with Crippen molar-refractivity contribution in [3.8, 4) is 0 Å². The summed E-state index contributed by atoms with van der Waals surface area (Å²) in [6.07, 6.45) is -0.491. The molecule has 122 valence electrons. The Kier molecular flexibility index (Phi) is 4.22. The van der Waals surface area contributed by atoms with E-state index in [4.69, 9.17) is 4.74 Å². The summed E-state index contributed by atoms with van der Waals surface area (Å²) in [6.45, 7) is 5.01. The topological polar surface area (TPSA) is 74.6 Å². The summed E-state index contributed by atoms with van der Waals surface area (Å²) >= 11 is 0. The average Bonchev–Trinajstić information content (AvgIpc) is 2.84. The van der Waals surface area contributed by atoms with Crippen LogP contribution in [0.4, 0.5) is 9.18 Å². The Bertz CT molecular complexity index is 801. The molecule has 0 aliphatic heterocycles. The molecular formula is C16H16FNO5. The standard InChI is InChI=1S/C16H16FNO5/c1-16(2,3)23-15(21)18-12-6-5-11(17)10(8-19)9(12)7-13(18)14(20)22-4/h5-8H,1-4H3. The van der Waals surface area contributed by atoms with Gasteiger partial charge in [-0.25, -0.2) is 18.5 Å². The molecule has 2 aromatic rings. The second-order valence-corrected chi connectivity index (χ2v) is 5.85. The number of carbonyl (C=O) groups is 3. The summed E-state index contributed by atoms with van der Waals surface area (Å²) in [5.41, 5.74) is -1.00. The third-order valence-corrected chi connectivity index (χ3v) is 3.06. The van der Waals surface area contributed by atoms with Crippen LogP contribution in [0.5, 0.6) is 0 Å². The van der Waals surface area contributed by atoms with Crippen molar-refractivity contribution in [2.24, 2.45) is 0 Å². The van der Waals surface area contributed by atoms with Gasteiger partial charge in [0.15, 0.2) is 6.29 Å². The monoisotopic (exact) mass is 321 g/mol. The molecule has 7 heteroatoms. The molecule has 0 aliphatic rings. The molecule has 0 saturated carbocycles. The number of aromatic nitrogens is 1. The number of ether oxygens (including phenoxy) is 2. The van der Waals surface area contributed by atoms with E-state index < -0.39 is 23.5 Å². The van der Waals surface area contributed by atoms with Crippen LogP contribution in [0.3, 0.4) is 0 Å². The second-order valence-electron chi connectivity index (χ2n) is 5.85. The molecule has 0 aliphatic carbocycles. The number of methoxy groups -OCH3 is 1. The number of hydrogen-bond acceptors (Lipinski definition) is 5. The van der Waals surface area contributed by atoms with Crippen LogP contribution >= 0.6 is 0 Å². The van der Waals surface area contributed by atoms with Crippen LogP contribution in [0.15, 0.2) is 18.2 Å². The predicted molar refractivity (Wildman–Crippen MR) is 80.3 cm³/mol. The molecule has 0 N–H and O–H groups in total. The zero-order valence-electron chi connectivity index (χ0n) is 13.2. The second kappa shape index (κ2) is 5.83. The maximum absolute atomic E-state index is 13.7. The zero-order chi connectivity index (χ0) is 17.4. The van der Waals surface area contributed by atoms with Crippen molar-refractivity contribution in [1.82, 2.24) is 4.57 Å². The molecule has 0 fully saturated rings. The fourth-order valence-electron chi connectivity index (χ4n) is 2.15. The maximum atomic E-state index is 13.7. The smallest absolute Gasteiger partial charge is 0.419 e. The molecule has 0 saturated heterocycles. The Morgan fingerprint density at radius 2 is 1.91 bits per heavy atom. The van der Waals surface area contributed by atoms with Gasteiger partial charge in [-0.15, -0.1) is 0 Å². The molecule has 0 amide bonds. The van der Waals surface area contributed by atoms with Gasteiger partial charge >= 0.3 is 12.1 Å². The van der Waals surface area contributed by atoms with Crippen LogP contribution in [0.2, 0.25) is 0 Å². The normalized spacial score (nSPS) is 11.3. The van der Waals surface area contributed by atoms with Crippen molar-refractivity contribution < 1.29 is 28.2 Å². The first-order valence-corrected chi connectivity index (χ1v) is 6.80. The number of esters is 1. The van der Waals surface area contributed by atoms with Crippen molar-refractivity contribution in [3.63, 3.8) is 0 Å². The fourth-order valence-corrected chi connectivity index (χ4v) is 2.15. The summed E-state index contributed by atoms with van der Waals surface area (Å²) in [5.74, 6) is -1.55. The minimum absolute atomic E-state index is 0.131. The highest BCUT2D eigenvalue weighted by molar-refractivity contribution is 6.06. The lowest BCUT2D eigenvalue weighted by Gasteiger charge is -2.20. The summed E-state index contributed by atoms with van der Waals surface area (Å²) in [6, 6.07) is 3.58. The van der Waals surface area contributed by atoms with Crippen LogP contribution in [-0.2, 0) is 9.47 Å². The first-order chi connectivity index (χ1) is 10.7. The molecule has 1 aromatic heterocycles. The van der Waals surface area contributed by atoms with Crippen molar-refractivity contribution in [2.45, 2.75) is 26.4 Å². The van der Waals surface area contributed by atoms with Gasteiger partial charge in [0, 0.05) is 5.39 Å². The number of hydrogen-bond donors (Lipinski definition) is 0. The van der Waals surface area contributed by atoms with Gasteiger partial charge in [-0.1, -0.05) is 0 Å². The highest BCUT2D eigenvalue weighted by atomic mass is 19.1. The highest BCUT2D eigenvalue weighted by Gasteiger charge is 2.27. The van der Waals surface area contributed by atoms with Gasteiger partial charge in [0.2, 0.25) is 0 Å². The molecule has 0 atom stereocenters. The number of carbonyl (C=O) groups excluding carboxylic acids is 3. The van der Waals surface area contributed by atoms with Gasteiger partial charge in [0.1, 0.15) is 17.1 Å². The number of halogens is 1. The summed E-state index contributed by atoms with van der Waals surface area (Å²) < 4.78 is 24.6. The lowest BCUT2D eigenvalue weighted by Crippen LogP contribution is -2.29. The minimum Gasteiger partial charge on any atom is -0.464 e. The van der Waals surface area contributed by atoms with E-state index in [1.165, 1.54) is 12.1 Å². The third-order valence-electron chi connectivity index (χ3n) is 3.06. The summed E-state index contributed by atoms with van der Waals surface area (Å²) in [4.78, 5) is 35.5. The molecular weight excluding hydrogens is 305 g/mol. The first-order valence-electron chi connectivity index (χ1n) is 6.80. The number of nitrogens with zero attached hydrogens (tertiary/aromatic N) is 1. The van der Waals surface area contributed by atoms with E-state index in [1.807, 2.05) is 0 Å². The van der Waals surface area contributed by atoms with Gasteiger partial charge in [-0.2, -0.15) is 0 Å². The Labute approximate surface area is 131 Å². The van der Waals surface area contributed by atoms with E-state index in [0.29, 0.717) is 6.29 Å². The molecule has 6 nitrogen and oxygen atoms in total. The molecule has 0 radical (unpaired) electrons. The predicted octanol–water partition coefficient (Wildman–Crippen LogP) is 3.16. The van der Waals surface area contributed by atoms with Gasteiger partial charge in [0.25, 0.3) is 0 Å². The zero-order valence-corrected chi connectivity index (χ0v) is 13.2. The van der Waals surface area contributed by atoms with E-state index >= 15 is 0 Å². The Morgan fingerprint density at radius 1 is 1.26 bits per heavy atom. The molecule has 2 rings (SSSR count). The van der Waals surface area contributed by atoms with Crippen LogP contribution < -0.4 is 0 Å². The first kappa shape index (κ1) is 16.7. The van der Waals surface area contributed by atoms with Gasteiger partial charge in [0.05, 0.1) is 18.2 Å². The molecule has 1 heterocycles. The van der Waals surface area contributed by atoms with Crippen LogP contribution in [0, 0.1) is 5.82 Å². The Balaban J connectivity index is 2.77. The van der Waals surface area contributed by atoms with Crippen LogP contribution in [0.25, 0.3) is 10.9 Å². The largest absolute Gasteiger partial charge is 0.464 e. The van der Waals surface area contributed by atoms with Crippen LogP contribution in [0.1, 0.15) is 41.6 Å². The van der Waals surface area contributed by atoms with Crippen molar-refractivity contribution in [1.29, 1.82) is 0 Å². The third kappa shape index (κ3) is 3.08. The van der Waals surface area contributed by atoms with Gasteiger partial charge in [-0.05, 0) is 39.0 Å². The summed E-state index contributed by atoms with van der Waals surface area (Å²) in [5, 5.41) is 0.131. The molecule has 1 aromatic carbocycles. The van der Waals surface area contributed by atoms with E-state index in [1.54, 1.807) is 20.8 Å². The number of fused-ring (bicyclic) bond motifs is 1. The van der Waals surface area contributed by atoms with E-state index in [2.05, 4.69) is 4.74 Å². The lowest BCUT2D eigenvalue weighted by molar-refractivity contribution is 0.0489.